The van der Waals surface area contributed by atoms with E-state index in [0.717, 1.165) is 33.7 Å². The number of ether oxygens (including phenoxy) is 1. The molecule has 10 heteroatoms. The van der Waals surface area contributed by atoms with Gasteiger partial charge in [0.05, 0.1) is 30.3 Å². The van der Waals surface area contributed by atoms with Crippen molar-refractivity contribution in [2.45, 2.75) is 37.5 Å². The third-order valence-electron chi connectivity index (χ3n) is 8.17. The number of carbonyl (C=O) groups excluding carboxylic acids is 1. The second-order valence-corrected chi connectivity index (χ2v) is 13.1. The van der Waals surface area contributed by atoms with E-state index in [-0.39, 0.29) is 43.0 Å². The van der Waals surface area contributed by atoms with Crippen LogP contribution in [0.4, 0.5) is 4.39 Å². The lowest BCUT2D eigenvalue weighted by Gasteiger charge is -2.35. The Morgan fingerprint density at radius 3 is 2.55 bits per heavy atom. The molecule has 1 N–H and O–H groups in total. The molecule has 2 heterocycles. The van der Waals surface area contributed by atoms with Gasteiger partial charge in [-0.3, -0.25) is 4.79 Å². The van der Waals surface area contributed by atoms with Crippen LogP contribution >= 0.6 is 0 Å². The number of fused-ring (bicyclic) bond motifs is 5. The minimum absolute atomic E-state index is 0.0202. The minimum atomic E-state index is -4.01. The lowest BCUT2D eigenvalue weighted by molar-refractivity contribution is -0.0147. The van der Waals surface area contributed by atoms with Gasteiger partial charge in [-0.25, -0.2) is 12.8 Å². The Bertz CT molecular complexity index is 1720. The highest BCUT2D eigenvalue weighted by molar-refractivity contribution is 7.89. The fourth-order valence-electron chi connectivity index (χ4n) is 5.68. The maximum atomic E-state index is 14.4. The van der Waals surface area contributed by atoms with E-state index < -0.39 is 28.0 Å². The van der Waals surface area contributed by atoms with Gasteiger partial charge in [0.25, 0.3) is 5.91 Å². The topological polar surface area (TPSA) is 92.1 Å². The lowest BCUT2D eigenvalue weighted by atomic mass is 9.96. The van der Waals surface area contributed by atoms with Gasteiger partial charge in [0.1, 0.15) is 11.5 Å². The number of carbonyl (C=O) groups is 1. The summed E-state index contributed by atoms with van der Waals surface area (Å²) in [6, 6.07) is 20.0. The van der Waals surface area contributed by atoms with Crippen molar-refractivity contribution >= 4 is 26.8 Å². The Morgan fingerprint density at radius 1 is 1.10 bits per heavy atom. The van der Waals surface area contributed by atoms with E-state index in [2.05, 4.69) is 0 Å². The molecule has 0 unspecified atom stereocenters. The molecule has 8 nitrogen and oxygen atoms in total. The predicted molar refractivity (Wildman–Crippen MR) is 160 cm³/mol. The smallest absolute Gasteiger partial charge is 0.271 e. The lowest BCUT2D eigenvalue weighted by Crippen LogP contribution is -2.48. The first-order chi connectivity index (χ1) is 20.0. The average Bonchev–Trinajstić information content (AvgIpc) is 3.28. The van der Waals surface area contributed by atoms with Crippen LogP contribution < -0.4 is 0 Å². The molecule has 4 aromatic rings. The molecular weight excluding hydrogens is 557 g/mol. The largest absolute Gasteiger partial charge is 0.394 e. The Hall–Kier alpha value is -3.57. The molecule has 0 saturated heterocycles. The van der Waals surface area contributed by atoms with E-state index in [1.807, 2.05) is 67.1 Å². The molecule has 3 aromatic carbocycles. The van der Waals surface area contributed by atoms with Crippen LogP contribution in [0.1, 0.15) is 29.9 Å². The summed E-state index contributed by atoms with van der Waals surface area (Å²) in [6.07, 6.45) is -0.620. The molecular formula is C32H36FN3O5S. The van der Waals surface area contributed by atoms with Crippen molar-refractivity contribution in [3.8, 4) is 11.1 Å². The SMILES string of the molecule is C[C@H]1CN([C@@H](C)CO)C(=O)c2c(c3ccccc3n2C)-c2ccccc2CO[C@@H]1CN(C)S(=O)(=O)c1cccc(F)c1. The standard InChI is InChI=1S/C32H36FN3O5S/c1-21-17-36(22(2)19-37)32(38)31-30(27-14-7-8-15-28(27)35(31)4)26-13-6-5-10-23(26)20-41-29(21)18-34(3)42(39,40)25-12-9-11-24(33)16-25/h5-16,21-22,29,37H,17-20H2,1-4H3/t21-,22-,29+/m0/s1. The van der Waals surface area contributed by atoms with E-state index in [9.17, 15) is 22.7 Å². The average molecular weight is 594 g/mol. The van der Waals surface area contributed by atoms with Gasteiger partial charge in [-0.15, -0.1) is 0 Å². The van der Waals surface area contributed by atoms with Crippen molar-refractivity contribution < 1.29 is 27.4 Å². The van der Waals surface area contributed by atoms with Crippen LogP contribution in [0.2, 0.25) is 0 Å². The van der Waals surface area contributed by atoms with Gasteiger partial charge < -0.3 is 19.3 Å². The monoisotopic (exact) mass is 593 g/mol. The Labute approximate surface area is 246 Å². The number of benzene rings is 3. The van der Waals surface area contributed by atoms with Crippen molar-refractivity contribution in [1.29, 1.82) is 0 Å². The van der Waals surface area contributed by atoms with Gasteiger partial charge in [0.15, 0.2) is 0 Å². The van der Waals surface area contributed by atoms with Crippen molar-refractivity contribution in [2.24, 2.45) is 13.0 Å². The molecule has 0 fully saturated rings. The molecule has 0 aliphatic carbocycles. The van der Waals surface area contributed by atoms with Crippen LogP contribution in [0.3, 0.4) is 0 Å². The molecule has 222 valence electrons. The molecule has 42 heavy (non-hydrogen) atoms. The number of aliphatic hydroxyl groups is 1. The summed E-state index contributed by atoms with van der Waals surface area (Å²) in [5.41, 5.74) is 3.93. The molecule has 1 aliphatic heterocycles. The van der Waals surface area contributed by atoms with Crippen LogP contribution in [0, 0.1) is 11.7 Å². The fourth-order valence-corrected chi connectivity index (χ4v) is 6.90. The Kier molecular flexibility index (Phi) is 8.52. The van der Waals surface area contributed by atoms with Crippen molar-refractivity contribution in [3.63, 3.8) is 0 Å². The highest BCUT2D eigenvalue weighted by Crippen LogP contribution is 2.38. The molecule has 1 aromatic heterocycles. The summed E-state index contributed by atoms with van der Waals surface area (Å²) >= 11 is 0. The summed E-state index contributed by atoms with van der Waals surface area (Å²) in [6.45, 7) is 3.84. The van der Waals surface area contributed by atoms with Gasteiger partial charge in [-0.2, -0.15) is 4.31 Å². The van der Waals surface area contributed by atoms with Crippen molar-refractivity contribution in [1.82, 2.24) is 13.8 Å². The van der Waals surface area contributed by atoms with Crippen LogP contribution in [-0.2, 0) is 28.4 Å². The number of likely N-dealkylation sites (N-methyl/N-ethyl adjacent to an activating group) is 1. The van der Waals surface area contributed by atoms with Crippen molar-refractivity contribution in [3.05, 3.63) is 89.9 Å². The van der Waals surface area contributed by atoms with Gasteiger partial charge in [-0.05, 0) is 42.3 Å². The zero-order valence-electron chi connectivity index (χ0n) is 24.2. The van der Waals surface area contributed by atoms with E-state index >= 15 is 0 Å². The Morgan fingerprint density at radius 2 is 1.81 bits per heavy atom. The normalized spacial score (nSPS) is 18.9. The minimum Gasteiger partial charge on any atom is -0.394 e. The second-order valence-electron chi connectivity index (χ2n) is 11.0. The van der Waals surface area contributed by atoms with Gasteiger partial charge in [-0.1, -0.05) is 55.5 Å². The second kappa shape index (κ2) is 12.0. The fraction of sp³-hybridized carbons (Fsp3) is 0.344. The number of para-hydroxylation sites is 1. The number of aromatic nitrogens is 1. The van der Waals surface area contributed by atoms with E-state index in [1.165, 1.54) is 29.6 Å². The number of amides is 1. The van der Waals surface area contributed by atoms with Crippen LogP contribution in [0.15, 0.2) is 77.7 Å². The van der Waals surface area contributed by atoms with Crippen molar-refractivity contribution in [2.75, 3.05) is 26.7 Å². The number of rotatable bonds is 6. The predicted octanol–water partition coefficient (Wildman–Crippen LogP) is 4.66. The molecule has 0 saturated carbocycles. The third kappa shape index (κ3) is 5.47. The van der Waals surface area contributed by atoms with E-state index in [4.69, 9.17) is 4.74 Å². The van der Waals surface area contributed by atoms with E-state index in [0.29, 0.717) is 5.69 Å². The summed E-state index contributed by atoms with van der Waals surface area (Å²) in [4.78, 5) is 15.9. The molecule has 0 radical (unpaired) electrons. The number of nitrogens with zero attached hydrogens (tertiary/aromatic N) is 3. The van der Waals surface area contributed by atoms with Gasteiger partial charge in [0, 0.05) is 49.6 Å². The molecule has 1 amide bonds. The summed E-state index contributed by atoms with van der Waals surface area (Å²) < 4.78 is 50.1. The number of aryl methyl sites for hydroxylation is 1. The van der Waals surface area contributed by atoms with Crippen LogP contribution in [-0.4, -0.2) is 72.1 Å². The van der Waals surface area contributed by atoms with Gasteiger partial charge in [0.2, 0.25) is 10.0 Å². The first-order valence-electron chi connectivity index (χ1n) is 14.0. The highest BCUT2D eigenvalue weighted by atomic mass is 32.2. The summed E-state index contributed by atoms with van der Waals surface area (Å²) in [7, 11) is -0.696. The van der Waals surface area contributed by atoms with Gasteiger partial charge >= 0.3 is 0 Å². The number of hydrogen-bond acceptors (Lipinski definition) is 5. The van der Waals surface area contributed by atoms with Crippen LogP contribution in [0.25, 0.3) is 22.0 Å². The zero-order valence-corrected chi connectivity index (χ0v) is 25.0. The zero-order chi connectivity index (χ0) is 30.2. The molecule has 3 atom stereocenters. The molecule has 1 aliphatic rings. The summed E-state index contributed by atoms with van der Waals surface area (Å²) in [5, 5.41) is 11.1. The van der Waals surface area contributed by atoms with E-state index in [1.54, 1.807) is 11.8 Å². The molecule has 0 bridgehead atoms. The third-order valence-corrected chi connectivity index (χ3v) is 9.99. The highest BCUT2D eigenvalue weighted by Gasteiger charge is 2.35. The first-order valence-corrected chi connectivity index (χ1v) is 15.4. The number of halogens is 1. The molecule has 5 rings (SSSR count). The maximum Gasteiger partial charge on any atom is 0.271 e. The molecule has 0 spiro atoms. The summed E-state index contributed by atoms with van der Waals surface area (Å²) in [5.74, 6) is -1.19. The number of hydrogen-bond donors (Lipinski definition) is 1. The number of aliphatic hydroxyl groups excluding tert-OH is 1. The Balaban J connectivity index is 1.61. The maximum absolute atomic E-state index is 14.4. The quantitative estimate of drug-likeness (QED) is 0.351. The van der Waals surface area contributed by atoms with Crippen LogP contribution in [0.5, 0.6) is 0 Å². The number of sulfonamides is 1. The first kappa shape index (κ1) is 29.9.